The first kappa shape index (κ1) is 14.8. The Kier molecular flexibility index (Phi) is 4.37. The molecule has 0 bridgehead atoms. The molecule has 0 aromatic heterocycles. The molecular formula is C15H15FN2O3. The van der Waals surface area contributed by atoms with Crippen molar-refractivity contribution in [1.29, 1.82) is 0 Å². The van der Waals surface area contributed by atoms with Crippen molar-refractivity contribution in [2.24, 2.45) is 0 Å². The Bertz CT molecular complexity index is 644. The molecule has 0 saturated carbocycles. The molecule has 1 unspecified atom stereocenters. The first-order valence-corrected chi connectivity index (χ1v) is 6.36. The van der Waals surface area contributed by atoms with Gasteiger partial charge in [0.2, 0.25) is 0 Å². The molecular weight excluding hydrogens is 275 g/mol. The first-order chi connectivity index (χ1) is 10.0. The van der Waals surface area contributed by atoms with E-state index in [0.717, 1.165) is 0 Å². The molecule has 6 heteroatoms. The number of benzene rings is 2. The summed E-state index contributed by atoms with van der Waals surface area (Å²) in [6.07, 6.45) is 0. The molecule has 0 aliphatic carbocycles. The predicted octanol–water partition coefficient (Wildman–Crippen LogP) is 3.92. The highest BCUT2D eigenvalue weighted by Crippen LogP contribution is 2.30. The topological polar surface area (TPSA) is 64.4 Å². The molecule has 110 valence electrons. The number of hydrogen-bond donors (Lipinski definition) is 1. The normalized spacial score (nSPS) is 11.8. The van der Waals surface area contributed by atoms with E-state index in [1.165, 1.54) is 25.3 Å². The Morgan fingerprint density at radius 3 is 2.48 bits per heavy atom. The number of hydrogen-bond acceptors (Lipinski definition) is 4. The van der Waals surface area contributed by atoms with Crippen molar-refractivity contribution >= 4 is 11.4 Å². The van der Waals surface area contributed by atoms with Gasteiger partial charge in [0.25, 0.3) is 5.69 Å². The summed E-state index contributed by atoms with van der Waals surface area (Å²) < 4.78 is 19.1. The highest BCUT2D eigenvalue weighted by Gasteiger charge is 2.16. The number of non-ortho nitro benzene ring substituents is 1. The third-order valence-electron chi connectivity index (χ3n) is 3.13. The van der Waals surface area contributed by atoms with Crippen molar-refractivity contribution in [2.75, 3.05) is 12.4 Å². The van der Waals surface area contributed by atoms with Crippen LogP contribution in [0.2, 0.25) is 0 Å². The molecule has 0 spiro atoms. The average Bonchev–Trinajstić information content (AvgIpc) is 2.47. The number of methoxy groups -OCH3 is 1. The van der Waals surface area contributed by atoms with Crippen molar-refractivity contribution in [3.8, 4) is 5.75 Å². The van der Waals surface area contributed by atoms with Crippen molar-refractivity contribution in [3.63, 3.8) is 0 Å². The SMILES string of the molecule is COc1cccc(F)c1C(C)Nc1ccc([N+](=O)[O-])cc1. The van der Waals surface area contributed by atoms with E-state index in [1.807, 2.05) is 0 Å². The minimum atomic E-state index is -0.465. The second-order valence-corrected chi connectivity index (χ2v) is 4.53. The Morgan fingerprint density at radius 2 is 1.90 bits per heavy atom. The maximum absolute atomic E-state index is 14.0. The Balaban J connectivity index is 2.22. The molecule has 0 radical (unpaired) electrons. The smallest absolute Gasteiger partial charge is 0.269 e. The quantitative estimate of drug-likeness (QED) is 0.669. The van der Waals surface area contributed by atoms with E-state index in [1.54, 1.807) is 31.2 Å². The van der Waals surface area contributed by atoms with E-state index < -0.39 is 4.92 Å². The summed E-state index contributed by atoms with van der Waals surface area (Å²) in [6, 6.07) is 10.3. The standard InChI is InChI=1S/C15H15FN2O3/c1-10(15-13(16)4-3-5-14(15)21-2)17-11-6-8-12(9-7-11)18(19)20/h3-10,17H,1-2H3. The third kappa shape index (κ3) is 3.28. The number of nitrogens with zero attached hydrogens (tertiary/aromatic N) is 1. The van der Waals surface area contributed by atoms with Crippen LogP contribution >= 0.6 is 0 Å². The molecule has 2 aromatic rings. The largest absolute Gasteiger partial charge is 0.496 e. The number of nitro groups is 1. The second kappa shape index (κ2) is 6.21. The lowest BCUT2D eigenvalue weighted by molar-refractivity contribution is -0.384. The van der Waals surface area contributed by atoms with Gasteiger partial charge < -0.3 is 10.1 Å². The van der Waals surface area contributed by atoms with Crippen molar-refractivity contribution in [3.05, 3.63) is 64.0 Å². The van der Waals surface area contributed by atoms with Crippen LogP contribution in [0.5, 0.6) is 5.75 Å². The molecule has 0 amide bonds. The molecule has 2 aromatic carbocycles. The Labute approximate surface area is 121 Å². The maximum Gasteiger partial charge on any atom is 0.269 e. The van der Waals surface area contributed by atoms with Gasteiger partial charge in [-0.3, -0.25) is 10.1 Å². The van der Waals surface area contributed by atoms with Gasteiger partial charge >= 0.3 is 0 Å². The highest BCUT2D eigenvalue weighted by atomic mass is 19.1. The summed E-state index contributed by atoms with van der Waals surface area (Å²) in [5, 5.41) is 13.7. The van der Waals surface area contributed by atoms with Gasteiger partial charge in [-0.25, -0.2) is 4.39 Å². The zero-order chi connectivity index (χ0) is 15.4. The molecule has 21 heavy (non-hydrogen) atoms. The fourth-order valence-electron chi connectivity index (χ4n) is 2.12. The average molecular weight is 290 g/mol. The second-order valence-electron chi connectivity index (χ2n) is 4.53. The summed E-state index contributed by atoms with van der Waals surface area (Å²) in [4.78, 5) is 10.1. The van der Waals surface area contributed by atoms with Gasteiger partial charge in [-0.1, -0.05) is 6.07 Å². The van der Waals surface area contributed by atoms with Crippen molar-refractivity contribution < 1.29 is 14.1 Å². The minimum absolute atomic E-state index is 0.0108. The Hall–Kier alpha value is -2.63. The zero-order valence-corrected chi connectivity index (χ0v) is 11.7. The molecule has 5 nitrogen and oxygen atoms in total. The van der Waals surface area contributed by atoms with Crippen LogP contribution in [0.15, 0.2) is 42.5 Å². The van der Waals surface area contributed by atoms with Crippen LogP contribution in [-0.2, 0) is 0 Å². The van der Waals surface area contributed by atoms with Crippen molar-refractivity contribution in [2.45, 2.75) is 13.0 Å². The van der Waals surface area contributed by atoms with Gasteiger partial charge in [0.05, 0.1) is 23.6 Å². The number of anilines is 1. The van der Waals surface area contributed by atoms with Gasteiger partial charge in [0.1, 0.15) is 11.6 Å². The minimum Gasteiger partial charge on any atom is -0.496 e. The summed E-state index contributed by atoms with van der Waals surface area (Å²) in [7, 11) is 1.48. The maximum atomic E-state index is 14.0. The van der Waals surface area contributed by atoms with E-state index >= 15 is 0 Å². The van der Waals surface area contributed by atoms with Gasteiger partial charge in [0.15, 0.2) is 0 Å². The monoisotopic (exact) mass is 290 g/mol. The van der Waals surface area contributed by atoms with Gasteiger partial charge in [-0.05, 0) is 31.2 Å². The number of rotatable bonds is 5. The zero-order valence-electron chi connectivity index (χ0n) is 11.7. The highest BCUT2D eigenvalue weighted by molar-refractivity contribution is 5.51. The Morgan fingerprint density at radius 1 is 1.24 bits per heavy atom. The van der Waals surface area contributed by atoms with Crippen LogP contribution in [0.4, 0.5) is 15.8 Å². The van der Waals surface area contributed by atoms with E-state index in [2.05, 4.69) is 5.32 Å². The number of nitro benzene ring substituents is 1. The third-order valence-corrected chi connectivity index (χ3v) is 3.13. The molecule has 2 rings (SSSR count). The molecule has 1 N–H and O–H groups in total. The molecule has 0 aliphatic rings. The van der Waals surface area contributed by atoms with Crippen LogP contribution in [-0.4, -0.2) is 12.0 Å². The lowest BCUT2D eigenvalue weighted by Crippen LogP contribution is -2.10. The van der Waals surface area contributed by atoms with Crippen LogP contribution in [0.25, 0.3) is 0 Å². The first-order valence-electron chi connectivity index (χ1n) is 6.36. The summed E-state index contributed by atoms with van der Waals surface area (Å²) in [5.41, 5.74) is 1.09. The van der Waals surface area contributed by atoms with E-state index in [4.69, 9.17) is 4.74 Å². The van der Waals surface area contributed by atoms with E-state index in [9.17, 15) is 14.5 Å². The molecule has 0 saturated heterocycles. The number of halogens is 1. The van der Waals surface area contributed by atoms with E-state index in [0.29, 0.717) is 17.0 Å². The lowest BCUT2D eigenvalue weighted by atomic mass is 10.1. The van der Waals surface area contributed by atoms with Crippen LogP contribution in [0.3, 0.4) is 0 Å². The fraction of sp³-hybridized carbons (Fsp3) is 0.200. The molecule has 1 atom stereocenters. The predicted molar refractivity (Wildman–Crippen MR) is 78.1 cm³/mol. The lowest BCUT2D eigenvalue weighted by Gasteiger charge is -2.19. The summed E-state index contributed by atoms with van der Waals surface area (Å²) >= 11 is 0. The summed E-state index contributed by atoms with van der Waals surface area (Å²) in [6.45, 7) is 1.79. The van der Waals surface area contributed by atoms with Crippen LogP contribution in [0, 0.1) is 15.9 Å². The molecule has 0 fully saturated rings. The number of nitrogens with one attached hydrogen (secondary N) is 1. The molecule has 0 aliphatic heterocycles. The fourth-order valence-corrected chi connectivity index (χ4v) is 2.12. The van der Waals surface area contributed by atoms with Gasteiger partial charge in [-0.2, -0.15) is 0 Å². The summed E-state index contributed by atoms with van der Waals surface area (Å²) in [5.74, 6) is 0.0909. The van der Waals surface area contributed by atoms with Gasteiger partial charge in [0, 0.05) is 17.8 Å². The molecule has 0 heterocycles. The van der Waals surface area contributed by atoms with Crippen molar-refractivity contribution in [1.82, 2.24) is 0 Å². The van der Waals surface area contributed by atoms with Crippen LogP contribution in [0.1, 0.15) is 18.5 Å². The number of ether oxygens (including phenoxy) is 1. The van der Waals surface area contributed by atoms with Gasteiger partial charge in [-0.15, -0.1) is 0 Å². The van der Waals surface area contributed by atoms with E-state index in [-0.39, 0.29) is 17.5 Å². The van der Waals surface area contributed by atoms with Crippen LogP contribution < -0.4 is 10.1 Å².